The molecule has 2 aliphatic rings. The highest BCUT2D eigenvalue weighted by Crippen LogP contribution is 2.31. The molecule has 3 aromatic rings. The number of nitrogens with zero attached hydrogens (tertiary/aromatic N) is 4. The molecule has 1 saturated heterocycles. The third-order valence-electron chi connectivity index (χ3n) is 5.22. The Balaban J connectivity index is 1.59. The van der Waals surface area contributed by atoms with Gasteiger partial charge in [-0.25, -0.2) is 18.3 Å². The second-order valence-electron chi connectivity index (χ2n) is 7.00. The van der Waals surface area contributed by atoms with Crippen molar-refractivity contribution in [3.05, 3.63) is 42.5 Å². The quantitative estimate of drug-likeness (QED) is 0.659. The lowest BCUT2D eigenvalue weighted by Gasteiger charge is -2.24. The maximum atomic E-state index is 14.5. The fraction of sp³-hybridized carbons (Fsp3) is 0.368. The number of ether oxygens (including phenoxy) is 1. The zero-order chi connectivity index (χ0) is 18.4. The Hall–Kier alpha value is -2.74. The number of fused-ring (bicyclic) bond motifs is 5. The lowest BCUT2D eigenvalue weighted by molar-refractivity contribution is 0.176. The van der Waals surface area contributed by atoms with Gasteiger partial charge in [-0.1, -0.05) is 0 Å². The molecule has 0 unspecified atom stereocenters. The number of alkyl halides is 1. The third kappa shape index (κ3) is 2.99. The predicted molar refractivity (Wildman–Crippen MR) is 97.2 cm³/mol. The number of hydrogen-bond acceptors (Lipinski definition) is 5. The number of anilines is 1. The second-order valence-corrected chi connectivity index (χ2v) is 7.00. The van der Waals surface area contributed by atoms with E-state index >= 15 is 0 Å². The van der Waals surface area contributed by atoms with E-state index in [0.717, 1.165) is 0 Å². The van der Waals surface area contributed by atoms with Crippen molar-refractivity contribution in [2.24, 2.45) is 0 Å². The highest BCUT2D eigenvalue weighted by atomic mass is 19.1. The van der Waals surface area contributed by atoms with Crippen molar-refractivity contribution in [1.29, 1.82) is 0 Å². The molecule has 0 radical (unpaired) electrons. The van der Waals surface area contributed by atoms with Gasteiger partial charge in [0.2, 0.25) is 0 Å². The van der Waals surface area contributed by atoms with Gasteiger partial charge in [0.25, 0.3) is 0 Å². The van der Waals surface area contributed by atoms with Crippen LogP contribution in [0.2, 0.25) is 0 Å². The van der Waals surface area contributed by atoms with Gasteiger partial charge >= 0.3 is 0 Å². The van der Waals surface area contributed by atoms with E-state index < -0.39 is 6.17 Å². The molecular formula is C19H19F2N5O. The van der Waals surface area contributed by atoms with Gasteiger partial charge in [-0.3, -0.25) is 4.90 Å². The highest BCUT2D eigenvalue weighted by molar-refractivity contribution is 5.78. The largest absolute Gasteiger partial charge is 0.492 e. The molecule has 4 heterocycles. The van der Waals surface area contributed by atoms with E-state index in [2.05, 4.69) is 20.3 Å². The van der Waals surface area contributed by atoms with E-state index in [1.807, 2.05) is 6.07 Å². The Bertz CT molecular complexity index is 991. The topological polar surface area (TPSA) is 54.7 Å². The van der Waals surface area contributed by atoms with Gasteiger partial charge in [0.05, 0.1) is 6.20 Å². The van der Waals surface area contributed by atoms with E-state index in [1.165, 1.54) is 6.07 Å². The summed E-state index contributed by atoms with van der Waals surface area (Å²) in [6.07, 6.45) is 2.99. The maximum absolute atomic E-state index is 14.5. The van der Waals surface area contributed by atoms with Crippen LogP contribution in [0.1, 0.15) is 6.42 Å². The summed E-state index contributed by atoms with van der Waals surface area (Å²) in [5.41, 5.74) is 1.55. The zero-order valence-electron chi connectivity index (χ0n) is 14.6. The van der Waals surface area contributed by atoms with Crippen LogP contribution in [0, 0.1) is 5.82 Å². The van der Waals surface area contributed by atoms with E-state index in [9.17, 15) is 8.78 Å². The smallest absolute Gasteiger partial charge is 0.165 e. The first-order valence-corrected chi connectivity index (χ1v) is 9.06. The van der Waals surface area contributed by atoms with Crippen molar-refractivity contribution >= 4 is 11.5 Å². The van der Waals surface area contributed by atoms with Crippen LogP contribution in [-0.2, 0) is 0 Å². The molecule has 0 spiro atoms. The van der Waals surface area contributed by atoms with E-state index in [-0.39, 0.29) is 11.9 Å². The van der Waals surface area contributed by atoms with Crippen LogP contribution < -0.4 is 10.1 Å². The Labute approximate surface area is 154 Å². The van der Waals surface area contributed by atoms with E-state index in [0.29, 0.717) is 61.0 Å². The summed E-state index contributed by atoms with van der Waals surface area (Å²) in [7, 11) is 0. The van der Waals surface area contributed by atoms with Crippen LogP contribution >= 0.6 is 0 Å². The van der Waals surface area contributed by atoms with Crippen molar-refractivity contribution in [2.75, 3.05) is 31.6 Å². The summed E-state index contributed by atoms with van der Waals surface area (Å²) < 4.78 is 36.0. The maximum Gasteiger partial charge on any atom is 0.165 e. The van der Waals surface area contributed by atoms with E-state index in [1.54, 1.807) is 29.0 Å². The van der Waals surface area contributed by atoms with Crippen molar-refractivity contribution in [3.63, 3.8) is 0 Å². The van der Waals surface area contributed by atoms with Gasteiger partial charge in [-0.2, -0.15) is 5.10 Å². The van der Waals surface area contributed by atoms with E-state index in [4.69, 9.17) is 4.74 Å². The van der Waals surface area contributed by atoms with Gasteiger partial charge in [0.1, 0.15) is 30.2 Å². The molecule has 27 heavy (non-hydrogen) atoms. The van der Waals surface area contributed by atoms with Gasteiger partial charge in [-0.05, 0) is 30.7 Å². The fourth-order valence-corrected chi connectivity index (χ4v) is 3.85. The average molecular weight is 371 g/mol. The van der Waals surface area contributed by atoms with Crippen molar-refractivity contribution in [2.45, 2.75) is 18.6 Å². The zero-order valence-corrected chi connectivity index (χ0v) is 14.6. The molecule has 6 nitrogen and oxygen atoms in total. The van der Waals surface area contributed by atoms with Crippen molar-refractivity contribution < 1.29 is 13.5 Å². The first kappa shape index (κ1) is 16.4. The molecule has 5 rings (SSSR count). The molecule has 0 amide bonds. The Morgan fingerprint density at radius 1 is 1.22 bits per heavy atom. The number of rotatable bonds is 0. The minimum Gasteiger partial charge on any atom is -0.492 e. The SMILES string of the molecule is Fc1ccc2cc1-c1cnn3ccc(nc13)NCCN1C[C@H](F)C[C@H]1CO2. The van der Waals surface area contributed by atoms with Gasteiger partial charge in [-0.15, -0.1) is 0 Å². The Morgan fingerprint density at radius 3 is 3.07 bits per heavy atom. The minimum absolute atomic E-state index is 0.000362. The molecule has 2 aromatic heterocycles. The van der Waals surface area contributed by atoms with Crippen LogP contribution in [-0.4, -0.2) is 58.0 Å². The van der Waals surface area contributed by atoms with Gasteiger partial charge in [0.15, 0.2) is 5.65 Å². The summed E-state index contributed by atoms with van der Waals surface area (Å²) in [6, 6.07) is 6.47. The molecule has 140 valence electrons. The van der Waals surface area contributed by atoms with Crippen molar-refractivity contribution in [3.8, 4) is 16.9 Å². The summed E-state index contributed by atoms with van der Waals surface area (Å²) >= 11 is 0. The number of halogens is 2. The number of aromatic nitrogens is 3. The van der Waals surface area contributed by atoms with Crippen LogP contribution in [0.5, 0.6) is 5.75 Å². The van der Waals surface area contributed by atoms with Crippen molar-refractivity contribution in [1.82, 2.24) is 19.5 Å². The molecule has 2 atom stereocenters. The van der Waals surface area contributed by atoms with Gasteiger partial charge < -0.3 is 10.1 Å². The molecular weight excluding hydrogens is 352 g/mol. The summed E-state index contributed by atoms with van der Waals surface area (Å²) in [5, 5.41) is 7.54. The van der Waals surface area contributed by atoms with Crippen LogP contribution in [0.4, 0.5) is 14.6 Å². The first-order valence-electron chi connectivity index (χ1n) is 9.06. The van der Waals surface area contributed by atoms with Gasteiger partial charge in [0, 0.05) is 43.0 Å². The molecule has 0 saturated carbocycles. The highest BCUT2D eigenvalue weighted by Gasteiger charge is 2.32. The molecule has 8 heteroatoms. The number of hydrogen-bond donors (Lipinski definition) is 1. The molecule has 1 fully saturated rings. The average Bonchev–Trinajstić information content (AvgIpc) is 3.23. The normalized spacial score (nSPS) is 22.9. The molecule has 1 N–H and O–H groups in total. The lowest BCUT2D eigenvalue weighted by Crippen LogP contribution is -2.37. The van der Waals surface area contributed by atoms with Crippen LogP contribution in [0.3, 0.4) is 0 Å². The number of benzene rings is 1. The lowest BCUT2D eigenvalue weighted by atomic mass is 10.1. The molecule has 1 aromatic carbocycles. The standard InChI is InChI=1S/C19H19F2N5O/c20-12-7-13-11-27-14-1-2-17(21)15(8-14)16-9-23-26-5-3-18(24-19(16)26)22-4-6-25(13)10-12/h1-3,5,8-9,12-13H,4,6-7,10-11H2,(H,22,24)/t12-,13+/m1/s1. The second kappa shape index (κ2) is 6.45. The van der Waals surface area contributed by atoms with Crippen LogP contribution in [0.15, 0.2) is 36.7 Å². The summed E-state index contributed by atoms with van der Waals surface area (Å²) in [5.74, 6) is 0.872. The first-order chi connectivity index (χ1) is 13.2. The molecule has 2 aliphatic heterocycles. The summed E-state index contributed by atoms with van der Waals surface area (Å²) in [4.78, 5) is 6.68. The number of nitrogens with one attached hydrogen (secondary N) is 1. The monoisotopic (exact) mass is 371 g/mol. The minimum atomic E-state index is -0.847. The molecule has 0 aliphatic carbocycles. The predicted octanol–water partition coefficient (Wildman–Crippen LogP) is 2.75. The Morgan fingerprint density at radius 2 is 2.15 bits per heavy atom. The third-order valence-corrected chi connectivity index (χ3v) is 5.22. The fourth-order valence-electron chi connectivity index (χ4n) is 3.85. The van der Waals surface area contributed by atoms with Crippen LogP contribution in [0.25, 0.3) is 16.8 Å². The molecule has 4 bridgehead atoms. The Kier molecular flexibility index (Phi) is 3.93. The summed E-state index contributed by atoms with van der Waals surface area (Å²) in [6.45, 7) is 2.11.